The van der Waals surface area contributed by atoms with Crippen LogP contribution in [0.15, 0.2) is 41.0 Å². The highest BCUT2D eigenvalue weighted by Crippen LogP contribution is 2.16. The Labute approximate surface area is 114 Å². The zero-order chi connectivity index (χ0) is 14.5. The van der Waals surface area contributed by atoms with E-state index in [-0.39, 0.29) is 18.5 Å². The summed E-state index contributed by atoms with van der Waals surface area (Å²) in [5.74, 6) is -2.20. The van der Waals surface area contributed by atoms with E-state index in [1.165, 1.54) is 12.3 Å². The Morgan fingerprint density at radius 1 is 1.30 bits per heavy atom. The number of carbonyl (C=O) groups is 1. The summed E-state index contributed by atoms with van der Waals surface area (Å²) < 4.78 is 30.7. The van der Waals surface area contributed by atoms with Gasteiger partial charge in [0, 0.05) is 12.1 Å². The SMILES string of the molecule is O=C(NCC[C@@H](O)c1ccco1)c1ccc(F)c(F)c1. The van der Waals surface area contributed by atoms with Crippen molar-refractivity contribution < 1.29 is 23.1 Å². The summed E-state index contributed by atoms with van der Waals surface area (Å²) in [5, 5.41) is 12.2. The molecule has 6 heteroatoms. The minimum absolute atomic E-state index is 0.0244. The van der Waals surface area contributed by atoms with Crippen LogP contribution < -0.4 is 5.32 Å². The topological polar surface area (TPSA) is 62.5 Å². The molecule has 1 atom stereocenters. The average Bonchev–Trinajstić information content (AvgIpc) is 2.95. The zero-order valence-corrected chi connectivity index (χ0v) is 10.5. The van der Waals surface area contributed by atoms with E-state index in [1.807, 2.05) is 0 Å². The molecule has 0 aliphatic heterocycles. The summed E-state index contributed by atoms with van der Waals surface area (Å²) in [7, 11) is 0. The molecule has 0 saturated carbocycles. The van der Waals surface area contributed by atoms with Crippen LogP contribution in [0, 0.1) is 11.6 Å². The molecule has 0 fully saturated rings. The van der Waals surface area contributed by atoms with Gasteiger partial charge in [0.2, 0.25) is 0 Å². The number of amides is 1. The predicted octanol–water partition coefficient (Wildman–Crippen LogP) is 2.41. The van der Waals surface area contributed by atoms with Gasteiger partial charge in [-0.25, -0.2) is 8.78 Å². The van der Waals surface area contributed by atoms with Gasteiger partial charge < -0.3 is 14.8 Å². The van der Waals surface area contributed by atoms with E-state index >= 15 is 0 Å². The Balaban J connectivity index is 1.84. The fraction of sp³-hybridized carbons (Fsp3) is 0.214. The smallest absolute Gasteiger partial charge is 0.251 e. The maximum absolute atomic E-state index is 13.0. The van der Waals surface area contributed by atoms with Gasteiger partial charge in [0.15, 0.2) is 11.6 Å². The number of benzene rings is 1. The second kappa shape index (κ2) is 6.29. The first-order chi connectivity index (χ1) is 9.58. The molecule has 20 heavy (non-hydrogen) atoms. The lowest BCUT2D eigenvalue weighted by Gasteiger charge is -2.09. The van der Waals surface area contributed by atoms with E-state index in [0.717, 1.165) is 12.1 Å². The third kappa shape index (κ3) is 3.42. The highest BCUT2D eigenvalue weighted by atomic mass is 19.2. The number of rotatable bonds is 5. The minimum atomic E-state index is -1.08. The van der Waals surface area contributed by atoms with Crippen LogP contribution in [0.3, 0.4) is 0 Å². The number of nitrogens with one attached hydrogen (secondary N) is 1. The van der Waals surface area contributed by atoms with E-state index in [2.05, 4.69) is 5.32 Å². The second-order valence-corrected chi connectivity index (χ2v) is 4.20. The summed E-state index contributed by atoms with van der Waals surface area (Å²) in [6.45, 7) is 0.180. The van der Waals surface area contributed by atoms with Crippen molar-refractivity contribution in [2.45, 2.75) is 12.5 Å². The maximum atomic E-state index is 13.0. The first-order valence-corrected chi connectivity index (χ1v) is 6.02. The molecule has 1 aromatic heterocycles. The van der Waals surface area contributed by atoms with Crippen LogP contribution in [0.4, 0.5) is 8.78 Å². The molecule has 1 aromatic carbocycles. The van der Waals surface area contributed by atoms with Gasteiger partial charge in [0.05, 0.1) is 6.26 Å². The first kappa shape index (κ1) is 14.2. The molecular formula is C14H13F2NO3. The third-order valence-electron chi connectivity index (χ3n) is 2.76. The van der Waals surface area contributed by atoms with Crippen LogP contribution >= 0.6 is 0 Å². The predicted molar refractivity (Wildman–Crippen MR) is 67.0 cm³/mol. The van der Waals surface area contributed by atoms with Crippen LogP contribution in [-0.4, -0.2) is 17.6 Å². The average molecular weight is 281 g/mol. The number of hydrogen-bond donors (Lipinski definition) is 2. The quantitative estimate of drug-likeness (QED) is 0.884. The molecule has 0 aliphatic carbocycles. The van der Waals surface area contributed by atoms with Gasteiger partial charge in [-0.2, -0.15) is 0 Å². The van der Waals surface area contributed by atoms with Gasteiger partial charge in [-0.1, -0.05) is 0 Å². The van der Waals surface area contributed by atoms with Crippen LogP contribution in [0.2, 0.25) is 0 Å². The number of aliphatic hydroxyl groups excluding tert-OH is 1. The van der Waals surface area contributed by atoms with Crippen LogP contribution in [0.5, 0.6) is 0 Å². The lowest BCUT2D eigenvalue weighted by Crippen LogP contribution is -2.25. The van der Waals surface area contributed by atoms with Crippen molar-refractivity contribution in [3.63, 3.8) is 0 Å². The Morgan fingerprint density at radius 3 is 2.75 bits per heavy atom. The number of carbonyl (C=O) groups excluding carboxylic acids is 1. The monoisotopic (exact) mass is 281 g/mol. The molecule has 1 heterocycles. The van der Waals surface area contributed by atoms with Gasteiger partial charge in [-0.3, -0.25) is 4.79 Å². The molecule has 0 saturated heterocycles. The Hall–Kier alpha value is -2.21. The number of halogens is 2. The summed E-state index contributed by atoms with van der Waals surface area (Å²) in [4.78, 5) is 11.7. The lowest BCUT2D eigenvalue weighted by atomic mass is 10.2. The molecule has 0 bridgehead atoms. The third-order valence-corrected chi connectivity index (χ3v) is 2.76. The molecule has 0 unspecified atom stereocenters. The fourth-order valence-electron chi connectivity index (χ4n) is 1.68. The van der Waals surface area contributed by atoms with Crippen LogP contribution in [0.1, 0.15) is 28.6 Å². The van der Waals surface area contributed by atoms with Gasteiger partial charge >= 0.3 is 0 Å². The Morgan fingerprint density at radius 2 is 2.10 bits per heavy atom. The normalized spacial score (nSPS) is 12.2. The highest BCUT2D eigenvalue weighted by molar-refractivity contribution is 5.94. The van der Waals surface area contributed by atoms with Crippen molar-refractivity contribution in [1.29, 1.82) is 0 Å². The van der Waals surface area contributed by atoms with Crippen LogP contribution in [-0.2, 0) is 0 Å². The zero-order valence-electron chi connectivity index (χ0n) is 10.5. The first-order valence-electron chi connectivity index (χ1n) is 6.02. The maximum Gasteiger partial charge on any atom is 0.251 e. The van der Waals surface area contributed by atoms with Gasteiger partial charge in [-0.05, 0) is 36.8 Å². The summed E-state index contributed by atoms with van der Waals surface area (Å²) >= 11 is 0. The largest absolute Gasteiger partial charge is 0.467 e. The second-order valence-electron chi connectivity index (χ2n) is 4.20. The van der Waals surface area contributed by atoms with Crippen molar-refractivity contribution in [3.8, 4) is 0 Å². The van der Waals surface area contributed by atoms with E-state index in [9.17, 15) is 18.7 Å². The van der Waals surface area contributed by atoms with Gasteiger partial charge in [-0.15, -0.1) is 0 Å². The molecule has 2 rings (SSSR count). The van der Waals surface area contributed by atoms with E-state index < -0.39 is 23.6 Å². The number of aliphatic hydroxyl groups is 1. The molecule has 0 radical (unpaired) electrons. The van der Waals surface area contributed by atoms with Gasteiger partial charge in [0.1, 0.15) is 11.9 Å². The summed E-state index contributed by atoms with van der Waals surface area (Å²) in [6.07, 6.45) is 0.872. The molecule has 2 aromatic rings. The van der Waals surface area contributed by atoms with Crippen molar-refractivity contribution in [2.75, 3.05) is 6.54 Å². The standard InChI is InChI=1S/C14H13F2NO3/c15-10-4-3-9(8-11(10)16)14(19)17-6-5-12(18)13-2-1-7-20-13/h1-4,7-8,12,18H,5-6H2,(H,17,19)/t12-/m1/s1. The number of furan rings is 1. The molecule has 0 aliphatic rings. The van der Waals surface area contributed by atoms with Crippen molar-refractivity contribution in [1.82, 2.24) is 5.32 Å². The van der Waals surface area contributed by atoms with Crippen molar-refractivity contribution in [2.24, 2.45) is 0 Å². The van der Waals surface area contributed by atoms with Gasteiger partial charge in [0.25, 0.3) is 5.91 Å². The lowest BCUT2D eigenvalue weighted by molar-refractivity contribution is 0.0935. The summed E-state index contributed by atoms with van der Waals surface area (Å²) in [5.41, 5.74) is 0.0244. The fourth-order valence-corrected chi connectivity index (χ4v) is 1.68. The Bertz CT molecular complexity index is 584. The molecule has 106 valence electrons. The van der Waals surface area contributed by atoms with Crippen LogP contribution in [0.25, 0.3) is 0 Å². The Kier molecular flexibility index (Phi) is 4.47. The van der Waals surface area contributed by atoms with E-state index in [1.54, 1.807) is 12.1 Å². The van der Waals surface area contributed by atoms with E-state index in [4.69, 9.17) is 4.42 Å². The van der Waals surface area contributed by atoms with Crippen molar-refractivity contribution >= 4 is 5.91 Å². The molecular weight excluding hydrogens is 268 g/mol. The number of hydrogen-bond acceptors (Lipinski definition) is 3. The highest BCUT2D eigenvalue weighted by Gasteiger charge is 2.12. The molecule has 2 N–H and O–H groups in total. The van der Waals surface area contributed by atoms with E-state index in [0.29, 0.717) is 5.76 Å². The molecule has 0 spiro atoms. The molecule has 4 nitrogen and oxygen atoms in total. The summed E-state index contributed by atoms with van der Waals surface area (Å²) in [6, 6.07) is 6.19. The van der Waals surface area contributed by atoms with Crippen molar-refractivity contribution in [3.05, 3.63) is 59.6 Å². The molecule has 1 amide bonds. The minimum Gasteiger partial charge on any atom is -0.467 e.